The monoisotopic (exact) mass is 253 g/mol. The average Bonchev–Trinajstić information content (AvgIpc) is 2.64. The predicted octanol–water partition coefficient (Wildman–Crippen LogP) is 1.06. The van der Waals surface area contributed by atoms with E-state index in [9.17, 15) is 9.59 Å². The molecule has 2 aromatic heterocycles. The highest BCUT2D eigenvalue weighted by Crippen LogP contribution is 2.23. The van der Waals surface area contributed by atoms with E-state index in [-0.39, 0.29) is 18.7 Å². The first kappa shape index (κ1) is 11.8. The Labute approximate surface area is 101 Å². The normalized spacial score (nSPS) is 10.9. The molecule has 0 saturated heterocycles. The van der Waals surface area contributed by atoms with Crippen LogP contribution in [0.1, 0.15) is 15.2 Å². The summed E-state index contributed by atoms with van der Waals surface area (Å²) < 4.78 is 1.61. The molecule has 6 heteroatoms. The fourth-order valence-corrected chi connectivity index (χ4v) is 2.73. The number of aryl methyl sites for hydroxylation is 1. The lowest BCUT2D eigenvalue weighted by Crippen LogP contribution is -2.18. The second-order valence-corrected chi connectivity index (χ2v) is 4.90. The number of rotatable bonds is 3. The summed E-state index contributed by atoms with van der Waals surface area (Å²) in [5.74, 6) is -1.24. The Hall–Kier alpha value is -1.66. The molecule has 0 fully saturated rings. The Kier molecular flexibility index (Phi) is 2.99. The minimum Gasteiger partial charge on any atom is -0.477 e. The summed E-state index contributed by atoms with van der Waals surface area (Å²) >= 11 is 1.41. The van der Waals surface area contributed by atoms with E-state index in [0.29, 0.717) is 10.2 Å². The van der Waals surface area contributed by atoms with Crippen LogP contribution in [0, 0.1) is 6.92 Å². The molecule has 2 N–H and O–H groups in total. The van der Waals surface area contributed by atoms with Gasteiger partial charge in [0.2, 0.25) is 5.43 Å². The van der Waals surface area contributed by atoms with Crippen molar-refractivity contribution in [1.82, 2.24) is 4.57 Å². The van der Waals surface area contributed by atoms with Crippen molar-refractivity contribution in [3.63, 3.8) is 0 Å². The van der Waals surface area contributed by atoms with E-state index in [1.165, 1.54) is 17.5 Å². The van der Waals surface area contributed by atoms with Crippen LogP contribution in [0.2, 0.25) is 0 Å². The number of aliphatic hydroxyl groups is 1. The maximum atomic E-state index is 11.9. The third-order valence-electron chi connectivity index (χ3n) is 2.44. The number of aromatic nitrogens is 1. The maximum Gasteiger partial charge on any atom is 0.341 e. The minimum absolute atomic E-state index is 0.103. The molecular formula is C11H11NO4S. The summed E-state index contributed by atoms with van der Waals surface area (Å²) in [6.45, 7) is 2.03. The lowest BCUT2D eigenvalue weighted by Gasteiger charge is -2.07. The second-order valence-electron chi connectivity index (χ2n) is 3.67. The SMILES string of the molecule is Cc1cc2c(=O)c(C(=O)O)cn(CCO)c2s1. The van der Waals surface area contributed by atoms with Gasteiger partial charge in [-0.3, -0.25) is 4.79 Å². The number of carboxylic acid groups (broad SMARTS) is 1. The van der Waals surface area contributed by atoms with Crippen LogP contribution in [-0.4, -0.2) is 27.4 Å². The number of carboxylic acids is 1. The number of hydrogen-bond acceptors (Lipinski definition) is 4. The topological polar surface area (TPSA) is 79.5 Å². The number of aromatic carboxylic acids is 1. The van der Waals surface area contributed by atoms with Gasteiger partial charge >= 0.3 is 5.97 Å². The zero-order chi connectivity index (χ0) is 12.6. The highest BCUT2D eigenvalue weighted by Gasteiger charge is 2.15. The molecular weight excluding hydrogens is 242 g/mol. The van der Waals surface area contributed by atoms with Gasteiger partial charge in [-0.1, -0.05) is 0 Å². The smallest absolute Gasteiger partial charge is 0.341 e. The molecule has 0 aromatic carbocycles. The van der Waals surface area contributed by atoms with Crippen LogP contribution in [0.3, 0.4) is 0 Å². The molecule has 17 heavy (non-hydrogen) atoms. The second kappa shape index (κ2) is 4.31. The first-order chi connectivity index (χ1) is 8.04. The van der Waals surface area contributed by atoms with Gasteiger partial charge in [-0.05, 0) is 13.0 Å². The van der Waals surface area contributed by atoms with Gasteiger partial charge in [0.05, 0.1) is 12.0 Å². The number of aliphatic hydroxyl groups excluding tert-OH is 1. The van der Waals surface area contributed by atoms with Gasteiger partial charge in [0.1, 0.15) is 10.4 Å². The zero-order valence-electron chi connectivity index (χ0n) is 9.14. The van der Waals surface area contributed by atoms with E-state index >= 15 is 0 Å². The van der Waals surface area contributed by atoms with Crippen molar-refractivity contribution in [3.05, 3.63) is 32.9 Å². The molecule has 90 valence electrons. The first-order valence-electron chi connectivity index (χ1n) is 5.02. The molecule has 0 aliphatic rings. The molecule has 0 amide bonds. The van der Waals surface area contributed by atoms with Crippen LogP contribution < -0.4 is 5.43 Å². The number of nitrogens with zero attached hydrogens (tertiary/aromatic N) is 1. The lowest BCUT2D eigenvalue weighted by molar-refractivity contribution is 0.0694. The Bertz CT molecular complexity index is 641. The predicted molar refractivity (Wildman–Crippen MR) is 64.9 cm³/mol. The molecule has 2 rings (SSSR count). The van der Waals surface area contributed by atoms with E-state index in [1.54, 1.807) is 10.6 Å². The van der Waals surface area contributed by atoms with Crippen molar-refractivity contribution in [2.75, 3.05) is 6.61 Å². The zero-order valence-corrected chi connectivity index (χ0v) is 9.95. The number of thiophene rings is 1. The van der Waals surface area contributed by atoms with Crippen LogP contribution in [0.25, 0.3) is 10.2 Å². The third-order valence-corrected chi connectivity index (χ3v) is 3.53. The fourth-order valence-electron chi connectivity index (χ4n) is 1.72. The summed E-state index contributed by atoms with van der Waals surface area (Å²) in [6.07, 6.45) is 1.29. The van der Waals surface area contributed by atoms with E-state index < -0.39 is 11.4 Å². The molecule has 5 nitrogen and oxygen atoms in total. The maximum absolute atomic E-state index is 11.9. The molecule has 0 aliphatic heterocycles. The molecule has 0 atom stereocenters. The standard InChI is InChI=1S/C11H11NO4S/c1-6-4-7-9(14)8(11(15)16)5-12(2-3-13)10(7)17-6/h4-5,13H,2-3H2,1H3,(H,15,16). The van der Waals surface area contributed by atoms with Crippen LogP contribution in [0.5, 0.6) is 0 Å². The summed E-state index contributed by atoms with van der Waals surface area (Å²) in [6, 6.07) is 1.68. The average molecular weight is 253 g/mol. The van der Waals surface area contributed by atoms with Gasteiger partial charge in [-0.25, -0.2) is 4.79 Å². The van der Waals surface area contributed by atoms with Crippen molar-refractivity contribution >= 4 is 27.5 Å². The van der Waals surface area contributed by atoms with Crippen molar-refractivity contribution < 1.29 is 15.0 Å². The van der Waals surface area contributed by atoms with Gasteiger partial charge in [0.15, 0.2) is 0 Å². The Balaban J connectivity index is 2.84. The summed E-state index contributed by atoms with van der Waals surface area (Å²) in [7, 11) is 0. The summed E-state index contributed by atoms with van der Waals surface area (Å²) in [4.78, 5) is 24.5. The lowest BCUT2D eigenvalue weighted by atomic mass is 10.2. The highest BCUT2D eigenvalue weighted by atomic mass is 32.1. The largest absolute Gasteiger partial charge is 0.477 e. The van der Waals surface area contributed by atoms with Crippen molar-refractivity contribution in [2.24, 2.45) is 0 Å². The molecule has 0 saturated carbocycles. The molecule has 2 aromatic rings. The van der Waals surface area contributed by atoms with Crippen molar-refractivity contribution in [2.45, 2.75) is 13.5 Å². The number of fused-ring (bicyclic) bond motifs is 1. The van der Waals surface area contributed by atoms with Crippen LogP contribution in [-0.2, 0) is 6.54 Å². The number of carbonyl (C=O) groups is 1. The summed E-state index contributed by atoms with van der Waals surface area (Å²) in [5.41, 5.74) is -0.727. The Morgan fingerprint density at radius 2 is 2.24 bits per heavy atom. The van der Waals surface area contributed by atoms with Crippen molar-refractivity contribution in [3.8, 4) is 0 Å². The van der Waals surface area contributed by atoms with Gasteiger partial charge in [0, 0.05) is 17.6 Å². The molecule has 0 spiro atoms. The molecule has 0 aliphatic carbocycles. The Morgan fingerprint density at radius 1 is 1.53 bits per heavy atom. The molecule has 2 heterocycles. The Morgan fingerprint density at radius 3 is 2.82 bits per heavy atom. The number of hydrogen-bond donors (Lipinski definition) is 2. The van der Waals surface area contributed by atoms with Crippen LogP contribution in [0.4, 0.5) is 0 Å². The highest BCUT2D eigenvalue weighted by molar-refractivity contribution is 7.18. The van der Waals surface area contributed by atoms with Gasteiger partial charge in [0.25, 0.3) is 0 Å². The van der Waals surface area contributed by atoms with E-state index in [0.717, 1.165) is 4.88 Å². The van der Waals surface area contributed by atoms with E-state index in [2.05, 4.69) is 0 Å². The van der Waals surface area contributed by atoms with Gasteiger partial charge in [-0.15, -0.1) is 11.3 Å². The van der Waals surface area contributed by atoms with E-state index in [1.807, 2.05) is 6.92 Å². The first-order valence-corrected chi connectivity index (χ1v) is 5.84. The summed E-state index contributed by atoms with van der Waals surface area (Å²) in [5, 5.41) is 18.3. The minimum atomic E-state index is -1.24. The van der Waals surface area contributed by atoms with E-state index in [4.69, 9.17) is 10.2 Å². The van der Waals surface area contributed by atoms with Crippen molar-refractivity contribution in [1.29, 1.82) is 0 Å². The fraction of sp³-hybridized carbons (Fsp3) is 0.273. The quantitative estimate of drug-likeness (QED) is 0.857. The molecule has 0 bridgehead atoms. The van der Waals surface area contributed by atoms with Crippen LogP contribution in [0.15, 0.2) is 17.1 Å². The van der Waals surface area contributed by atoms with Crippen LogP contribution >= 0.6 is 11.3 Å². The van der Waals surface area contributed by atoms with Gasteiger partial charge < -0.3 is 14.8 Å². The molecule has 0 radical (unpaired) electrons. The third kappa shape index (κ3) is 1.96. The molecule has 0 unspecified atom stereocenters. The number of pyridine rings is 1. The van der Waals surface area contributed by atoms with Gasteiger partial charge in [-0.2, -0.15) is 0 Å².